The van der Waals surface area contributed by atoms with E-state index in [0.717, 1.165) is 18.4 Å². The number of phenolic OH excluding ortho intramolecular Hbond substituents is 1. The van der Waals surface area contributed by atoms with Crippen LogP contribution in [0, 0.1) is 0 Å². The second-order valence-corrected chi connectivity index (χ2v) is 4.90. The van der Waals surface area contributed by atoms with E-state index >= 15 is 0 Å². The van der Waals surface area contributed by atoms with Crippen molar-refractivity contribution < 1.29 is 19.4 Å². The van der Waals surface area contributed by atoms with E-state index in [-0.39, 0.29) is 17.6 Å². The standard InChI is InChI=1S/C16H24O4/c1-4-5-14(19-2)11-13(17)8-6-12-7-9-15(18)16(10-12)20-3/h7,9-10,14,18H,4-6,8,11H2,1-3H3/t14-/m1/s1. The molecule has 0 spiro atoms. The predicted molar refractivity (Wildman–Crippen MR) is 78.3 cm³/mol. The van der Waals surface area contributed by atoms with E-state index in [9.17, 15) is 9.90 Å². The zero-order chi connectivity index (χ0) is 15.0. The number of hydrogen-bond donors (Lipinski definition) is 1. The van der Waals surface area contributed by atoms with Crippen LogP contribution < -0.4 is 4.74 Å². The molecule has 0 saturated heterocycles. The minimum atomic E-state index is 0.0295. The molecule has 1 aromatic rings. The summed E-state index contributed by atoms with van der Waals surface area (Å²) in [6.45, 7) is 2.08. The van der Waals surface area contributed by atoms with Crippen molar-refractivity contribution in [3.63, 3.8) is 0 Å². The first-order valence-electron chi connectivity index (χ1n) is 7.01. The Morgan fingerprint density at radius 2 is 2.10 bits per heavy atom. The number of carbonyl (C=O) groups excluding carboxylic acids is 1. The molecule has 1 N–H and O–H groups in total. The Labute approximate surface area is 120 Å². The molecule has 0 bridgehead atoms. The fourth-order valence-corrected chi connectivity index (χ4v) is 2.14. The number of benzene rings is 1. The zero-order valence-corrected chi connectivity index (χ0v) is 12.5. The van der Waals surface area contributed by atoms with Gasteiger partial charge < -0.3 is 14.6 Å². The molecular weight excluding hydrogens is 256 g/mol. The number of ether oxygens (including phenoxy) is 2. The van der Waals surface area contributed by atoms with Crippen LogP contribution in [-0.2, 0) is 16.0 Å². The van der Waals surface area contributed by atoms with E-state index in [0.29, 0.717) is 25.0 Å². The fraction of sp³-hybridized carbons (Fsp3) is 0.562. The molecule has 4 heteroatoms. The topological polar surface area (TPSA) is 55.8 Å². The number of phenols is 1. The molecule has 0 aliphatic carbocycles. The van der Waals surface area contributed by atoms with Crippen molar-refractivity contribution in [3.8, 4) is 11.5 Å². The number of rotatable bonds is 9. The molecule has 0 aliphatic heterocycles. The van der Waals surface area contributed by atoms with Crippen molar-refractivity contribution >= 4 is 5.78 Å². The molecular formula is C16H24O4. The zero-order valence-electron chi connectivity index (χ0n) is 12.5. The molecule has 1 rings (SSSR count). The maximum atomic E-state index is 11.9. The molecule has 0 aliphatic rings. The van der Waals surface area contributed by atoms with Gasteiger partial charge in [-0.15, -0.1) is 0 Å². The third-order valence-electron chi connectivity index (χ3n) is 3.34. The number of Topliss-reactive ketones (excluding diaryl/α,β-unsaturated/α-hetero) is 1. The molecule has 20 heavy (non-hydrogen) atoms. The van der Waals surface area contributed by atoms with E-state index in [1.54, 1.807) is 19.2 Å². The maximum absolute atomic E-state index is 11.9. The Hall–Kier alpha value is -1.55. The second-order valence-electron chi connectivity index (χ2n) is 4.90. The summed E-state index contributed by atoms with van der Waals surface area (Å²) in [5, 5.41) is 9.51. The molecule has 0 fully saturated rings. The summed E-state index contributed by atoms with van der Waals surface area (Å²) in [5.74, 6) is 0.762. The Morgan fingerprint density at radius 3 is 2.70 bits per heavy atom. The van der Waals surface area contributed by atoms with Gasteiger partial charge in [-0.25, -0.2) is 0 Å². The van der Waals surface area contributed by atoms with Crippen molar-refractivity contribution in [3.05, 3.63) is 23.8 Å². The van der Waals surface area contributed by atoms with Crippen LogP contribution in [0.15, 0.2) is 18.2 Å². The number of aromatic hydroxyl groups is 1. The van der Waals surface area contributed by atoms with Crippen LogP contribution in [0.5, 0.6) is 11.5 Å². The summed E-state index contributed by atoms with van der Waals surface area (Å²) in [5.41, 5.74) is 0.984. The molecule has 4 nitrogen and oxygen atoms in total. The SMILES string of the molecule is CCC[C@H](CC(=O)CCc1ccc(O)c(OC)c1)OC. The molecule has 0 aromatic heterocycles. The quantitative estimate of drug-likeness (QED) is 0.755. The van der Waals surface area contributed by atoms with E-state index in [2.05, 4.69) is 6.92 Å². The lowest BCUT2D eigenvalue weighted by Gasteiger charge is -2.13. The van der Waals surface area contributed by atoms with E-state index < -0.39 is 0 Å². The van der Waals surface area contributed by atoms with Gasteiger partial charge in [-0.05, 0) is 30.5 Å². The van der Waals surface area contributed by atoms with E-state index in [1.165, 1.54) is 7.11 Å². The summed E-state index contributed by atoms with van der Waals surface area (Å²) in [7, 11) is 3.16. The molecule has 0 radical (unpaired) electrons. The van der Waals surface area contributed by atoms with Gasteiger partial charge >= 0.3 is 0 Å². The first-order valence-corrected chi connectivity index (χ1v) is 7.01. The lowest BCUT2D eigenvalue weighted by atomic mass is 10.0. The highest BCUT2D eigenvalue weighted by molar-refractivity contribution is 5.79. The Balaban J connectivity index is 2.48. The summed E-state index contributed by atoms with van der Waals surface area (Å²) >= 11 is 0. The lowest BCUT2D eigenvalue weighted by molar-refractivity contribution is -0.121. The van der Waals surface area contributed by atoms with Gasteiger partial charge in [-0.3, -0.25) is 4.79 Å². The minimum absolute atomic E-state index is 0.0295. The van der Waals surface area contributed by atoms with Gasteiger partial charge in [0.1, 0.15) is 5.78 Å². The Morgan fingerprint density at radius 1 is 1.35 bits per heavy atom. The van der Waals surface area contributed by atoms with Crippen molar-refractivity contribution in [2.24, 2.45) is 0 Å². The van der Waals surface area contributed by atoms with Gasteiger partial charge in [0.05, 0.1) is 13.2 Å². The second kappa shape index (κ2) is 8.59. The average Bonchev–Trinajstić information content (AvgIpc) is 2.45. The van der Waals surface area contributed by atoms with Crippen LogP contribution in [0.4, 0.5) is 0 Å². The minimum Gasteiger partial charge on any atom is -0.504 e. The number of methoxy groups -OCH3 is 2. The van der Waals surface area contributed by atoms with Gasteiger partial charge in [0.15, 0.2) is 11.5 Å². The molecule has 0 heterocycles. The van der Waals surface area contributed by atoms with Crippen LogP contribution in [0.25, 0.3) is 0 Å². The van der Waals surface area contributed by atoms with Crippen molar-refractivity contribution in [1.82, 2.24) is 0 Å². The summed E-state index contributed by atoms with van der Waals surface area (Å²) < 4.78 is 10.3. The van der Waals surface area contributed by atoms with Crippen molar-refractivity contribution in [2.75, 3.05) is 14.2 Å². The fourth-order valence-electron chi connectivity index (χ4n) is 2.14. The van der Waals surface area contributed by atoms with E-state index in [4.69, 9.17) is 9.47 Å². The molecule has 1 atom stereocenters. The number of aryl methyl sites for hydroxylation is 1. The maximum Gasteiger partial charge on any atom is 0.160 e. The van der Waals surface area contributed by atoms with Gasteiger partial charge in [-0.2, -0.15) is 0 Å². The third kappa shape index (κ3) is 5.21. The van der Waals surface area contributed by atoms with Crippen LogP contribution >= 0.6 is 0 Å². The predicted octanol–water partition coefficient (Wildman–Crippen LogP) is 3.11. The van der Waals surface area contributed by atoms with Crippen molar-refractivity contribution in [2.45, 2.75) is 45.1 Å². The number of carbonyl (C=O) groups is 1. The average molecular weight is 280 g/mol. The van der Waals surface area contributed by atoms with Crippen LogP contribution in [0.3, 0.4) is 0 Å². The Kier molecular flexibility index (Phi) is 7.09. The monoisotopic (exact) mass is 280 g/mol. The highest BCUT2D eigenvalue weighted by Gasteiger charge is 2.12. The third-order valence-corrected chi connectivity index (χ3v) is 3.34. The Bertz CT molecular complexity index is 428. The summed E-state index contributed by atoms with van der Waals surface area (Å²) in [6.07, 6.45) is 3.56. The first-order chi connectivity index (χ1) is 9.60. The summed E-state index contributed by atoms with van der Waals surface area (Å²) in [4.78, 5) is 11.9. The van der Waals surface area contributed by atoms with Crippen LogP contribution in [0.2, 0.25) is 0 Å². The van der Waals surface area contributed by atoms with Crippen molar-refractivity contribution in [1.29, 1.82) is 0 Å². The van der Waals surface area contributed by atoms with Gasteiger partial charge in [0, 0.05) is 20.0 Å². The van der Waals surface area contributed by atoms with Gasteiger partial charge in [-0.1, -0.05) is 19.4 Å². The smallest absolute Gasteiger partial charge is 0.160 e. The highest BCUT2D eigenvalue weighted by atomic mass is 16.5. The largest absolute Gasteiger partial charge is 0.504 e. The highest BCUT2D eigenvalue weighted by Crippen LogP contribution is 2.26. The van der Waals surface area contributed by atoms with Crippen LogP contribution in [0.1, 0.15) is 38.2 Å². The summed E-state index contributed by atoms with van der Waals surface area (Å²) in [6, 6.07) is 5.17. The number of ketones is 1. The molecule has 1 aromatic carbocycles. The molecule has 0 unspecified atom stereocenters. The van der Waals surface area contributed by atoms with E-state index in [1.807, 2.05) is 6.07 Å². The molecule has 112 valence electrons. The molecule has 0 amide bonds. The molecule has 0 saturated carbocycles. The van der Waals surface area contributed by atoms with Crippen LogP contribution in [-0.4, -0.2) is 31.2 Å². The van der Waals surface area contributed by atoms with Gasteiger partial charge in [0.2, 0.25) is 0 Å². The first kappa shape index (κ1) is 16.5. The van der Waals surface area contributed by atoms with Gasteiger partial charge in [0.25, 0.3) is 0 Å². The number of hydrogen-bond acceptors (Lipinski definition) is 4. The normalized spacial score (nSPS) is 12.2. The lowest BCUT2D eigenvalue weighted by Crippen LogP contribution is -2.16.